The summed E-state index contributed by atoms with van der Waals surface area (Å²) in [5, 5.41) is 0. The molecule has 3 aliphatic rings. The normalized spacial score (nSPS) is 37.8. The first-order valence-corrected chi connectivity index (χ1v) is 16.9. The van der Waals surface area contributed by atoms with Crippen LogP contribution in [0.5, 0.6) is 0 Å². The molecule has 0 aromatic heterocycles. The third-order valence-corrected chi connectivity index (χ3v) is 12.8. The van der Waals surface area contributed by atoms with Crippen LogP contribution in [0.1, 0.15) is 170 Å². The molecule has 3 fully saturated rings. The predicted octanol–water partition coefficient (Wildman–Crippen LogP) is 11.9. The number of unbranched alkanes of at least 4 members (excludes halogenated alkanes) is 1. The minimum atomic E-state index is 0.676. The van der Waals surface area contributed by atoms with Crippen molar-refractivity contribution in [3.05, 3.63) is 0 Å². The van der Waals surface area contributed by atoms with Gasteiger partial charge in [-0.2, -0.15) is 0 Å². The zero-order chi connectivity index (χ0) is 25.5. The highest BCUT2D eigenvalue weighted by Crippen LogP contribution is 2.65. The van der Waals surface area contributed by atoms with Crippen LogP contribution in [0.4, 0.5) is 0 Å². The van der Waals surface area contributed by atoms with Crippen LogP contribution in [0.3, 0.4) is 0 Å². The Bertz CT molecular complexity index is 587. The van der Waals surface area contributed by atoms with Crippen molar-refractivity contribution in [1.82, 2.24) is 0 Å². The molecule has 0 radical (unpaired) electrons. The van der Waals surface area contributed by atoms with Gasteiger partial charge >= 0.3 is 0 Å². The molecule has 0 heterocycles. The average Bonchev–Trinajstić information content (AvgIpc) is 3.24. The standard InChI is InChI=1S/C35H66/c1-8-28(9-2)17-18-29-21-23-34(11-4,30(10-3)25-29)33-22-24-35(12-5)31(19-20-32(35)26-33)16-14-13-15-27(6)7/h27-33H,8-26H2,1-7H3/t29-,30?,31-,32?,33?,34?,35?/m0/s1. The van der Waals surface area contributed by atoms with Crippen molar-refractivity contribution in [3.63, 3.8) is 0 Å². The van der Waals surface area contributed by atoms with E-state index in [-0.39, 0.29) is 0 Å². The first kappa shape index (κ1) is 29.6. The SMILES string of the molecule is CCC(CC)CC[C@H]1CCC(CC)(C2CCC3(CC)C(CC[C@@H]3CCCCC(C)C)C2)C(CC)C1. The Morgan fingerprint density at radius 2 is 1.31 bits per heavy atom. The molecule has 0 aliphatic heterocycles. The number of fused-ring (bicyclic) bond motifs is 1. The lowest BCUT2D eigenvalue weighted by Crippen LogP contribution is -2.47. The molecule has 3 aliphatic carbocycles. The van der Waals surface area contributed by atoms with E-state index >= 15 is 0 Å². The molecule has 0 N–H and O–H groups in total. The fourth-order valence-corrected chi connectivity index (χ4v) is 10.4. The van der Waals surface area contributed by atoms with Crippen LogP contribution in [-0.2, 0) is 0 Å². The maximum Gasteiger partial charge on any atom is -0.0243 e. The minimum Gasteiger partial charge on any atom is -0.0651 e. The van der Waals surface area contributed by atoms with Gasteiger partial charge in [0.1, 0.15) is 0 Å². The predicted molar refractivity (Wildman–Crippen MR) is 157 cm³/mol. The Balaban J connectivity index is 1.62. The molecule has 0 aromatic rings. The summed E-state index contributed by atoms with van der Waals surface area (Å²) in [6.07, 6.45) is 28.6. The fourth-order valence-electron chi connectivity index (χ4n) is 10.4. The first-order chi connectivity index (χ1) is 16.9. The topological polar surface area (TPSA) is 0 Å². The van der Waals surface area contributed by atoms with Crippen molar-refractivity contribution >= 4 is 0 Å². The summed E-state index contributed by atoms with van der Waals surface area (Å²) in [6, 6.07) is 0. The Labute approximate surface area is 222 Å². The van der Waals surface area contributed by atoms with Crippen molar-refractivity contribution in [2.75, 3.05) is 0 Å². The molecule has 0 spiro atoms. The van der Waals surface area contributed by atoms with Gasteiger partial charge in [0, 0.05) is 0 Å². The number of rotatable bonds is 14. The van der Waals surface area contributed by atoms with Gasteiger partial charge in [-0.05, 0) is 123 Å². The largest absolute Gasteiger partial charge is 0.0651 e. The first-order valence-electron chi connectivity index (χ1n) is 16.9. The van der Waals surface area contributed by atoms with Crippen molar-refractivity contribution in [3.8, 4) is 0 Å². The molecule has 0 bridgehead atoms. The van der Waals surface area contributed by atoms with Gasteiger partial charge in [-0.25, -0.2) is 0 Å². The molecular formula is C35H66. The molecule has 35 heavy (non-hydrogen) atoms. The second kappa shape index (κ2) is 13.7. The second-order valence-electron chi connectivity index (χ2n) is 14.3. The number of hydrogen-bond acceptors (Lipinski definition) is 0. The molecule has 0 nitrogen and oxygen atoms in total. The Kier molecular flexibility index (Phi) is 11.6. The molecule has 5 unspecified atom stereocenters. The van der Waals surface area contributed by atoms with E-state index in [1.807, 2.05) is 0 Å². The van der Waals surface area contributed by atoms with Gasteiger partial charge in [0.05, 0.1) is 0 Å². The number of hydrogen-bond donors (Lipinski definition) is 0. The van der Waals surface area contributed by atoms with Gasteiger partial charge in [-0.1, -0.05) is 99.8 Å². The van der Waals surface area contributed by atoms with Crippen LogP contribution in [0.2, 0.25) is 0 Å². The van der Waals surface area contributed by atoms with Gasteiger partial charge in [0.15, 0.2) is 0 Å². The summed E-state index contributed by atoms with van der Waals surface area (Å²) in [4.78, 5) is 0. The van der Waals surface area contributed by atoms with Gasteiger partial charge in [0.25, 0.3) is 0 Å². The summed E-state index contributed by atoms with van der Waals surface area (Å²) in [7, 11) is 0. The zero-order valence-corrected chi connectivity index (χ0v) is 25.5. The van der Waals surface area contributed by atoms with Crippen molar-refractivity contribution in [2.45, 2.75) is 170 Å². The van der Waals surface area contributed by atoms with Gasteiger partial charge in [-0.15, -0.1) is 0 Å². The van der Waals surface area contributed by atoms with Gasteiger partial charge in [-0.3, -0.25) is 0 Å². The van der Waals surface area contributed by atoms with E-state index in [1.54, 1.807) is 51.4 Å². The summed E-state index contributed by atoms with van der Waals surface area (Å²) < 4.78 is 0. The second-order valence-corrected chi connectivity index (χ2v) is 14.3. The smallest absolute Gasteiger partial charge is 0.0243 e. The molecule has 0 saturated heterocycles. The molecule has 7 atom stereocenters. The van der Waals surface area contributed by atoms with E-state index in [9.17, 15) is 0 Å². The van der Waals surface area contributed by atoms with Crippen molar-refractivity contribution in [2.24, 2.45) is 52.3 Å². The Hall–Kier alpha value is 0. The van der Waals surface area contributed by atoms with E-state index in [1.165, 1.54) is 70.6 Å². The van der Waals surface area contributed by atoms with E-state index < -0.39 is 0 Å². The van der Waals surface area contributed by atoms with Crippen LogP contribution in [0.25, 0.3) is 0 Å². The van der Waals surface area contributed by atoms with Crippen LogP contribution >= 0.6 is 0 Å². The van der Waals surface area contributed by atoms with E-state index in [0.717, 1.165) is 46.8 Å². The molecule has 0 heteroatoms. The Morgan fingerprint density at radius 3 is 1.94 bits per heavy atom. The highest BCUT2D eigenvalue weighted by molar-refractivity contribution is 5.05. The quantitative estimate of drug-likeness (QED) is 0.214. The van der Waals surface area contributed by atoms with Crippen LogP contribution in [0, 0.1) is 52.3 Å². The molecular weight excluding hydrogens is 420 g/mol. The van der Waals surface area contributed by atoms with Crippen molar-refractivity contribution < 1.29 is 0 Å². The summed E-state index contributed by atoms with van der Waals surface area (Å²) in [5.74, 6) is 7.02. The third kappa shape index (κ3) is 6.53. The molecule has 0 aromatic carbocycles. The summed E-state index contributed by atoms with van der Waals surface area (Å²) in [6.45, 7) is 17.3. The Morgan fingerprint density at radius 1 is 0.657 bits per heavy atom. The summed E-state index contributed by atoms with van der Waals surface area (Å²) in [5.41, 5.74) is 1.40. The van der Waals surface area contributed by atoms with Crippen LogP contribution in [0.15, 0.2) is 0 Å². The molecule has 0 amide bonds. The lowest BCUT2D eigenvalue weighted by molar-refractivity contribution is -0.0643. The van der Waals surface area contributed by atoms with E-state index in [0.29, 0.717) is 5.41 Å². The lowest BCUT2D eigenvalue weighted by atomic mass is 9.49. The maximum atomic E-state index is 2.58. The summed E-state index contributed by atoms with van der Waals surface area (Å²) >= 11 is 0. The van der Waals surface area contributed by atoms with Gasteiger partial charge in [0.2, 0.25) is 0 Å². The third-order valence-electron chi connectivity index (χ3n) is 12.8. The zero-order valence-electron chi connectivity index (χ0n) is 25.5. The van der Waals surface area contributed by atoms with Crippen LogP contribution in [-0.4, -0.2) is 0 Å². The molecule has 3 saturated carbocycles. The highest BCUT2D eigenvalue weighted by atomic mass is 14.6. The van der Waals surface area contributed by atoms with Crippen LogP contribution < -0.4 is 0 Å². The molecule has 206 valence electrons. The monoisotopic (exact) mass is 487 g/mol. The average molecular weight is 487 g/mol. The lowest BCUT2D eigenvalue weighted by Gasteiger charge is -2.56. The van der Waals surface area contributed by atoms with Gasteiger partial charge < -0.3 is 0 Å². The highest BCUT2D eigenvalue weighted by Gasteiger charge is 2.55. The fraction of sp³-hybridized carbons (Fsp3) is 1.00. The maximum absolute atomic E-state index is 2.58. The minimum absolute atomic E-state index is 0.676. The van der Waals surface area contributed by atoms with E-state index in [4.69, 9.17) is 0 Å². The van der Waals surface area contributed by atoms with Crippen molar-refractivity contribution in [1.29, 1.82) is 0 Å². The van der Waals surface area contributed by atoms with E-state index in [2.05, 4.69) is 48.5 Å². The molecule has 3 rings (SSSR count).